The van der Waals surface area contributed by atoms with Gasteiger partial charge in [0.05, 0.1) is 16.3 Å². The van der Waals surface area contributed by atoms with Crippen LogP contribution in [0.1, 0.15) is 38.6 Å². The van der Waals surface area contributed by atoms with Crippen LogP contribution >= 0.6 is 34.5 Å². The van der Waals surface area contributed by atoms with Crippen LogP contribution in [0.5, 0.6) is 0 Å². The lowest BCUT2D eigenvalue weighted by atomic mass is 10.1. The Labute approximate surface area is 198 Å². The third kappa shape index (κ3) is 4.58. The number of halogens is 2. The highest BCUT2D eigenvalue weighted by Crippen LogP contribution is 2.36. The van der Waals surface area contributed by atoms with Gasteiger partial charge in [0.15, 0.2) is 0 Å². The molecule has 1 atom stereocenters. The van der Waals surface area contributed by atoms with Crippen LogP contribution in [0.2, 0.25) is 10.0 Å². The first kappa shape index (κ1) is 22.1. The molecule has 1 unspecified atom stereocenters. The smallest absolute Gasteiger partial charge is 0.337 e. The van der Waals surface area contributed by atoms with Crippen LogP contribution in [-0.4, -0.2) is 17.0 Å². The maximum atomic E-state index is 13.0. The Morgan fingerprint density at radius 1 is 1.00 bits per heavy atom. The fraction of sp³-hybridized carbons (Fsp3) is 0.0833. The van der Waals surface area contributed by atoms with Crippen molar-refractivity contribution in [3.8, 4) is 0 Å². The molecule has 0 saturated heterocycles. The van der Waals surface area contributed by atoms with Gasteiger partial charge in [0.1, 0.15) is 4.88 Å². The maximum Gasteiger partial charge on any atom is 0.337 e. The molecule has 0 fully saturated rings. The molecule has 0 aliphatic heterocycles. The molecule has 5 nitrogen and oxygen atoms in total. The first-order valence-electron chi connectivity index (χ1n) is 9.71. The second kappa shape index (κ2) is 9.20. The molecule has 0 saturated carbocycles. The van der Waals surface area contributed by atoms with E-state index in [2.05, 4.69) is 10.6 Å². The molecule has 32 heavy (non-hydrogen) atoms. The van der Waals surface area contributed by atoms with Crippen LogP contribution in [0, 0.1) is 0 Å². The van der Waals surface area contributed by atoms with Gasteiger partial charge in [-0.05, 0) is 48.9 Å². The zero-order valence-electron chi connectivity index (χ0n) is 16.9. The van der Waals surface area contributed by atoms with Gasteiger partial charge >= 0.3 is 5.97 Å². The minimum Gasteiger partial charge on any atom is -0.478 e. The highest BCUT2D eigenvalue weighted by Gasteiger charge is 2.20. The Morgan fingerprint density at radius 2 is 1.72 bits per heavy atom. The van der Waals surface area contributed by atoms with Gasteiger partial charge in [0, 0.05) is 26.8 Å². The van der Waals surface area contributed by atoms with E-state index in [1.54, 1.807) is 12.1 Å². The summed E-state index contributed by atoms with van der Waals surface area (Å²) in [5, 5.41) is 17.4. The van der Waals surface area contributed by atoms with Crippen molar-refractivity contribution in [1.29, 1.82) is 0 Å². The van der Waals surface area contributed by atoms with Crippen molar-refractivity contribution in [2.45, 2.75) is 13.0 Å². The van der Waals surface area contributed by atoms with Gasteiger partial charge in [-0.1, -0.05) is 53.5 Å². The zero-order chi connectivity index (χ0) is 22.8. The number of anilines is 2. The number of carbonyl (C=O) groups is 2. The molecule has 1 heterocycles. The van der Waals surface area contributed by atoms with E-state index >= 15 is 0 Å². The number of amides is 1. The lowest BCUT2D eigenvalue weighted by Crippen LogP contribution is -2.15. The largest absolute Gasteiger partial charge is 0.478 e. The number of nitrogens with one attached hydrogen (secondary N) is 2. The molecule has 0 radical (unpaired) electrons. The molecular weight excluding hydrogens is 467 g/mol. The van der Waals surface area contributed by atoms with E-state index < -0.39 is 11.9 Å². The Bertz CT molecular complexity index is 1320. The minimum absolute atomic E-state index is 0.0136. The average molecular weight is 485 g/mol. The van der Waals surface area contributed by atoms with E-state index in [1.165, 1.54) is 17.4 Å². The van der Waals surface area contributed by atoms with Crippen molar-refractivity contribution in [1.82, 2.24) is 0 Å². The molecule has 8 heteroatoms. The van der Waals surface area contributed by atoms with Crippen molar-refractivity contribution in [3.05, 3.63) is 92.8 Å². The van der Waals surface area contributed by atoms with Crippen molar-refractivity contribution in [3.63, 3.8) is 0 Å². The standard InChI is InChI=1S/C24H18Cl2N2O3S/c1-13(14-6-8-15(25)9-7-14)27-16-10-11-17(24(30)31)19(12-16)28-23(29)22-21(26)18-4-2-3-5-20(18)32-22/h2-13,27H,1H3,(H,28,29)(H,30,31). The van der Waals surface area contributed by atoms with E-state index in [9.17, 15) is 14.7 Å². The van der Waals surface area contributed by atoms with Gasteiger partial charge in [0.25, 0.3) is 5.91 Å². The lowest BCUT2D eigenvalue weighted by Gasteiger charge is -2.17. The third-order valence-corrected chi connectivity index (χ3v) is 6.92. The Hall–Kier alpha value is -3.06. The Kier molecular flexibility index (Phi) is 6.37. The van der Waals surface area contributed by atoms with Crippen LogP contribution in [0.3, 0.4) is 0 Å². The predicted molar refractivity (Wildman–Crippen MR) is 132 cm³/mol. The highest BCUT2D eigenvalue weighted by molar-refractivity contribution is 7.21. The van der Waals surface area contributed by atoms with Crippen LogP contribution < -0.4 is 10.6 Å². The van der Waals surface area contributed by atoms with E-state index in [-0.39, 0.29) is 17.3 Å². The third-order valence-electron chi connectivity index (χ3n) is 4.99. The Morgan fingerprint density at radius 3 is 2.41 bits per heavy atom. The molecule has 4 rings (SSSR count). The lowest BCUT2D eigenvalue weighted by molar-refractivity contribution is 0.0698. The summed E-state index contributed by atoms with van der Waals surface area (Å²) in [5.74, 6) is -1.60. The quantitative estimate of drug-likeness (QED) is 0.267. The number of thiophene rings is 1. The summed E-state index contributed by atoms with van der Waals surface area (Å²) in [6.07, 6.45) is 0. The normalized spacial score (nSPS) is 11.8. The topological polar surface area (TPSA) is 78.4 Å². The van der Waals surface area contributed by atoms with Crippen LogP contribution in [-0.2, 0) is 0 Å². The maximum absolute atomic E-state index is 13.0. The molecule has 0 bridgehead atoms. The van der Waals surface area contributed by atoms with Crippen molar-refractivity contribution in [2.24, 2.45) is 0 Å². The number of hydrogen-bond donors (Lipinski definition) is 3. The van der Waals surface area contributed by atoms with Gasteiger partial charge in [-0.15, -0.1) is 11.3 Å². The first-order chi connectivity index (χ1) is 15.3. The molecule has 162 valence electrons. The molecule has 0 spiro atoms. The van der Waals surface area contributed by atoms with Gasteiger partial charge in [-0.2, -0.15) is 0 Å². The number of fused-ring (bicyclic) bond motifs is 1. The van der Waals surface area contributed by atoms with Gasteiger partial charge in [0.2, 0.25) is 0 Å². The molecule has 1 aromatic heterocycles. The summed E-state index contributed by atoms with van der Waals surface area (Å²) >= 11 is 13.6. The molecule has 1 amide bonds. The monoisotopic (exact) mass is 484 g/mol. The number of benzene rings is 3. The van der Waals surface area contributed by atoms with E-state index in [1.807, 2.05) is 55.5 Å². The fourth-order valence-corrected chi connectivity index (χ4v) is 4.89. The molecule has 0 aliphatic carbocycles. The van der Waals surface area contributed by atoms with E-state index in [0.717, 1.165) is 15.6 Å². The second-order valence-electron chi connectivity index (χ2n) is 7.18. The van der Waals surface area contributed by atoms with Crippen molar-refractivity contribution in [2.75, 3.05) is 10.6 Å². The second-order valence-corrected chi connectivity index (χ2v) is 9.05. The number of aromatic carboxylic acids is 1. The molecule has 3 N–H and O–H groups in total. The molecule has 0 aliphatic rings. The number of carboxylic acid groups (broad SMARTS) is 1. The van der Waals surface area contributed by atoms with Gasteiger partial charge in [-0.25, -0.2) is 4.79 Å². The number of carboxylic acids is 1. The summed E-state index contributed by atoms with van der Waals surface area (Å²) in [6, 6.07) is 19.6. The van der Waals surface area contributed by atoms with Crippen molar-refractivity contribution < 1.29 is 14.7 Å². The first-order valence-corrected chi connectivity index (χ1v) is 11.3. The number of carbonyl (C=O) groups excluding carboxylic acids is 1. The minimum atomic E-state index is -1.14. The number of rotatable bonds is 6. The summed E-state index contributed by atoms with van der Waals surface area (Å²) in [6.45, 7) is 1.98. The highest BCUT2D eigenvalue weighted by atomic mass is 35.5. The van der Waals surface area contributed by atoms with Crippen molar-refractivity contribution >= 4 is 67.9 Å². The SMILES string of the molecule is CC(Nc1ccc(C(=O)O)c(NC(=O)c2sc3ccccc3c2Cl)c1)c1ccc(Cl)cc1. The van der Waals surface area contributed by atoms with Crippen LogP contribution in [0.15, 0.2) is 66.7 Å². The number of hydrogen-bond acceptors (Lipinski definition) is 4. The van der Waals surface area contributed by atoms with E-state index in [0.29, 0.717) is 20.6 Å². The Balaban J connectivity index is 1.61. The predicted octanol–water partition coefficient (Wildman–Crippen LogP) is 7.33. The fourth-order valence-electron chi connectivity index (χ4n) is 3.35. The molecule has 4 aromatic rings. The van der Waals surface area contributed by atoms with Gasteiger partial charge < -0.3 is 15.7 Å². The van der Waals surface area contributed by atoms with Gasteiger partial charge in [-0.3, -0.25) is 4.79 Å². The molecular formula is C24H18Cl2N2O3S. The molecule has 3 aromatic carbocycles. The van der Waals surface area contributed by atoms with Crippen LogP contribution in [0.25, 0.3) is 10.1 Å². The average Bonchev–Trinajstić information content (AvgIpc) is 3.11. The zero-order valence-corrected chi connectivity index (χ0v) is 19.2. The van der Waals surface area contributed by atoms with Crippen LogP contribution in [0.4, 0.5) is 11.4 Å². The summed E-state index contributed by atoms with van der Waals surface area (Å²) in [4.78, 5) is 25.0. The summed E-state index contributed by atoms with van der Waals surface area (Å²) in [5.41, 5.74) is 1.85. The summed E-state index contributed by atoms with van der Waals surface area (Å²) in [7, 11) is 0. The van der Waals surface area contributed by atoms with E-state index in [4.69, 9.17) is 23.2 Å². The summed E-state index contributed by atoms with van der Waals surface area (Å²) < 4.78 is 0.883.